The van der Waals surface area contributed by atoms with Gasteiger partial charge < -0.3 is 35.4 Å². The predicted molar refractivity (Wildman–Crippen MR) is 204 cm³/mol. The van der Waals surface area contributed by atoms with Gasteiger partial charge >= 0.3 is 0 Å². The van der Waals surface area contributed by atoms with Gasteiger partial charge in [-0.1, -0.05) is 66.7 Å². The number of para-hydroxylation sites is 1. The van der Waals surface area contributed by atoms with Gasteiger partial charge in [-0.3, -0.25) is 19.2 Å². The third-order valence-electron chi connectivity index (χ3n) is 10.6. The monoisotopic (exact) mass is 750 g/mol. The van der Waals surface area contributed by atoms with E-state index in [0.717, 1.165) is 16.7 Å². The minimum atomic E-state index is -1.14. The van der Waals surface area contributed by atoms with E-state index in [9.17, 15) is 28.7 Å². The number of ether oxygens (including phenoxy) is 2. The van der Waals surface area contributed by atoms with Crippen molar-refractivity contribution in [3.8, 4) is 11.5 Å². The van der Waals surface area contributed by atoms with Crippen LogP contribution in [0.15, 0.2) is 103 Å². The van der Waals surface area contributed by atoms with Crippen LogP contribution < -0.4 is 20.7 Å². The number of likely N-dealkylation sites (N-methyl/N-ethyl adjacent to an activating group) is 1. The number of hydrogen-bond acceptors (Lipinski definition) is 7. The average molecular weight is 751 g/mol. The molecule has 4 aromatic rings. The lowest BCUT2D eigenvalue weighted by atomic mass is 9.74. The van der Waals surface area contributed by atoms with E-state index in [2.05, 4.69) is 16.0 Å². The fourth-order valence-corrected chi connectivity index (χ4v) is 7.23. The topological polar surface area (TPSA) is 146 Å². The Morgan fingerprint density at radius 1 is 0.891 bits per heavy atom. The maximum atomic E-state index is 14.4. The van der Waals surface area contributed by atoms with E-state index in [0.29, 0.717) is 32.5 Å². The van der Waals surface area contributed by atoms with Crippen LogP contribution in [-0.4, -0.2) is 85.2 Å². The highest BCUT2D eigenvalue weighted by Gasteiger charge is 2.37. The van der Waals surface area contributed by atoms with Crippen molar-refractivity contribution in [3.05, 3.63) is 131 Å². The van der Waals surface area contributed by atoms with Gasteiger partial charge in [0.25, 0.3) is 5.91 Å². The summed E-state index contributed by atoms with van der Waals surface area (Å²) >= 11 is 0. The Kier molecular flexibility index (Phi) is 12.8. The molecule has 2 aliphatic heterocycles. The van der Waals surface area contributed by atoms with Crippen LogP contribution in [0.2, 0.25) is 0 Å². The van der Waals surface area contributed by atoms with Crippen LogP contribution >= 0.6 is 0 Å². The van der Waals surface area contributed by atoms with E-state index in [1.165, 1.54) is 24.3 Å². The zero-order valence-corrected chi connectivity index (χ0v) is 30.8. The molecule has 0 bridgehead atoms. The van der Waals surface area contributed by atoms with Gasteiger partial charge in [0.15, 0.2) is 0 Å². The quantitative estimate of drug-likeness (QED) is 0.208. The Labute approximate surface area is 320 Å². The molecule has 0 spiro atoms. The molecule has 0 radical (unpaired) electrons. The molecule has 55 heavy (non-hydrogen) atoms. The molecule has 2 aliphatic rings. The Bertz CT molecular complexity index is 1950. The van der Waals surface area contributed by atoms with Crippen LogP contribution in [0.3, 0.4) is 0 Å². The largest absolute Gasteiger partial charge is 0.508 e. The highest BCUT2D eigenvalue weighted by atomic mass is 19.1. The van der Waals surface area contributed by atoms with Crippen molar-refractivity contribution < 1.29 is 38.1 Å². The molecule has 11 nitrogen and oxygen atoms in total. The van der Waals surface area contributed by atoms with E-state index in [4.69, 9.17) is 9.47 Å². The minimum Gasteiger partial charge on any atom is -0.508 e. The second-order valence-electron chi connectivity index (χ2n) is 14.3. The summed E-state index contributed by atoms with van der Waals surface area (Å²) in [5.41, 5.74) is 2.03. The first-order chi connectivity index (χ1) is 26.6. The summed E-state index contributed by atoms with van der Waals surface area (Å²) in [5, 5.41) is 18.6. The van der Waals surface area contributed by atoms with Crippen LogP contribution in [0.1, 0.15) is 52.7 Å². The van der Waals surface area contributed by atoms with Crippen LogP contribution in [0.5, 0.6) is 11.5 Å². The molecular formula is C43H47FN4O7. The molecule has 6 rings (SSSR count). The van der Waals surface area contributed by atoms with Crippen molar-refractivity contribution in [2.75, 3.05) is 33.4 Å². The maximum Gasteiger partial charge on any atom is 0.255 e. The predicted octanol–water partition coefficient (Wildman–Crippen LogP) is 4.46. The fourth-order valence-electron chi connectivity index (χ4n) is 7.23. The Balaban J connectivity index is 1.29. The number of nitrogens with one attached hydrogen (secondary N) is 3. The fraction of sp³-hybridized carbons (Fsp3) is 0.349. The number of aromatic hydroxyl groups is 1. The average Bonchev–Trinajstić information content (AvgIpc) is 3.20. The summed E-state index contributed by atoms with van der Waals surface area (Å²) in [4.78, 5) is 57.5. The van der Waals surface area contributed by atoms with Gasteiger partial charge in [-0.05, 0) is 78.8 Å². The van der Waals surface area contributed by atoms with Crippen molar-refractivity contribution in [1.82, 2.24) is 20.9 Å². The van der Waals surface area contributed by atoms with E-state index < -0.39 is 41.3 Å². The number of amides is 4. The first-order valence-corrected chi connectivity index (χ1v) is 18.6. The normalized spacial score (nSPS) is 20.8. The van der Waals surface area contributed by atoms with Crippen LogP contribution in [0.25, 0.3) is 0 Å². The minimum absolute atomic E-state index is 0.0249. The molecule has 0 aromatic heterocycles. The molecular weight excluding hydrogens is 703 g/mol. The Morgan fingerprint density at radius 3 is 2.35 bits per heavy atom. The molecule has 1 saturated heterocycles. The van der Waals surface area contributed by atoms with E-state index in [1.54, 1.807) is 54.4 Å². The lowest BCUT2D eigenvalue weighted by Crippen LogP contribution is -2.53. The summed E-state index contributed by atoms with van der Waals surface area (Å²) in [7, 11) is 1.67. The molecule has 0 saturated carbocycles. The number of carbonyl (C=O) groups excluding carboxylic acids is 4. The van der Waals surface area contributed by atoms with Crippen molar-refractivity contribution >= 4 is 23.6 Å². The number of halogens is 1. The highest BCUT2D eigenvalue weighted by Crippen LogP contribution is 2.35. The number of fused-ring (bicyclic) bond motifs is 1. The molecule has 0 unspecified atom stereocenters. The van der Waals surface area contributed by atoms with E-state index in [1.807, 2.05) is 36.4 Å². The van der Waals surface area contributed by atoms with Crippen LogP contribution in [0, 0.1) is 5.82 Å². The van der Waals surface area contributed by atoms with Crippen LogP contribution in [-0.2, 0) is 37.4 Å². The highest BCUT2D eigenvalue weighted by molar-refractivity contribution is 6.00. The molecule has 4 amide bonds. The number of rotatable bonds is 8. The molecule has 0 aliphatic carbocycles. The summed E-state index contributed by atoms with van der Waals surface area (Å²) in [5.74, 6) is -1.94. The van der Waals surface area contributed by atoms with Crippen molar-refractivity contribution in [2.45, 2.75) is 62.1 Å². The Hall–Kier alpha value is -5.75. The number of nitrogens with zero attached hydrogens (tertiary/aromatic N) is 1. The molecule has 4 N–H and O–H groups in total. The summed E-state index contributed by atoms with van der Waals surface area (Å²) in [6.07, 6.45) is 1.42. The molecule has 3 atom stereocenters. The third kappa shape index (κ3) is 10.1. The van der Waals surface area contributed by atoms with E-state index >= 15 is 0 Å². The second-order valence-corrected chi connectivity index (χ2v) is 14.3. The van der Waals surface area contributed by atoms with Crippen molar-refractivity contribution in [2.24, 2.45) is 0 Å². The molecule has 12 heteroatoms. The van der Waals surface area contributed by atoms with Gasteiger partial charge in [0.2, 0.25) is 17.7 Å². The number of hydrogen-bond donors (Lipinski definition) is 4. The van der Waals surface area contributed by atoms with Gasteiger partial charge in [0, 0.05) is 45.1 Å². The number of phenolic OH excluding ortho intramolecular Hbond substituents is 1. The number of carbonyl (C=O) groups is 4. The van der Waals surface area contributed by atoms with Gasteiger partial charge in [-0.15, -0.1) is 0 Å². The molecule has 288 valence electrons. The maximum absolute atomic E-state index is 14.4. The van der Waals surface area contributed by atoms with Gasteiger partial charge in [0.05, 0.1) is 11.6 Å². The second kappa shape index (κ2) is 18.1. The zero-order chi connectivity index (χ0) is 38.8. The van der Waals surface area contributed by atoms with Crippen molar-refractivity contribution in [1.29, 1.82) is 0 Å². The number of benzene rings is 4. The van der Waals surface area contributed by atoms with E-state index in [-0.39, 0.29) is 61.2 Å². The third-order valence-corrected chi connectivity index (χ3v) is 10.6. The first kappa shape index (κ1) is 39.0. The van der Waals surface area contributed by atoms with Gasteiger partial charge in [-0.2, -0.15) is 0 Å². The van der Waals surface area contributed by atoms with Crippen molar-refractivity contribution in [3.63, 3.8) is 0 Å². The van der Waals surface area contributed by atoms with Gasteiger partial charge in [-0.25, -0.2) is 4.39 Å². The molecule has 2 heterocycles. The lowest BCUT2D eigenvalue weighted by molar-refractivity contribution is -0.137. The summed E-state index contributed by atoms with van der Waals surface area (Å²) in [6, 6.07) is 26.5. The Morgan fingerprint density at radius 2 is 1.60 bits per heavy atom. The molecule has 1 fully saturated rings. The molecule has 4 aromatic carbocycles. The zero-order valence-electron chi connectivity index (χ0n) is 30.8. The standard InChI is InChI=1S/C43H47FN4O7/c1-48-33(24-29-8-3-2-4-9-29)27-55-38-13-6-5-12-35(38)40(51)47-36(18-19-39(50)46-37(42(48)53)25-30-14-16-34(49)17-15-30)41(52)45-28-43(20-22-54-23-21-43)31-10-7-11-32(44)26-31/h2-17,26,33,36-37,49H,18-25,27-28H2,1H3,(H,45,52)(H,46,50)(H,47,51)/t33-,36+,37+/m1/s1. The smallest absolute Gasteiger partial charge is 0.255 e. The summed E-state index contributed by atoms with van der Waals surface area (Å²) in [6.45, 7) is 1.07. The first-order valence-electron chi connectivity index (χ1n) is 18.6. The van der Waals surface area contributed by atoms with Gasteiger partial charge in [0.1, 0.15) is 36.0 Å². The summed E-state index contributed by atoms with van der Waals surface area (Å²) < 4.78 is 26.3. The lowest BCUT2D eigenvalue weighted by Gasteiger charge is -2.38. The van der Waals surface area contributed by atoms with Crippen LogP contribution in [0.4, 0.5) is 4.39 Å². The SMILES string of the molecule is CN1C(=O)[C@H](Cc2ccc(O)cc2)NC(=O)CC[C@@H](C(=O)NCC2(c3cccc(F)c3)CCOCC2)NC(=O)c2ccccc2OC[C@H]1Cc1ccccc1. The number of phenols is 1.